The van der Waals surface area contributed by atoms with E-state index in [9.17, 15) is 9.59 Å². The summed E-state index contributed by atoms with van der Waals surface area (Å²) >= 11 is 3.03. The van der Waals surface area contributed by atoms with Crippen LogP contribution in [0.1, 0.15) is 44.0 Å². The predicted molar refractivity (Wildman–Crippen MR) is 116 cm³/mol. The highest BCUT2D eigenvalue weighted by Crippen LogP contribution is 2.25. The first-order valence-corrected chi connectivity index (χ1v) is 11.0. The number of thioether (sulfide) groups is 2. The molecule has 5 nitrogen and oxygen atoms in total. The van der Waals surface area contributed by atoms with Gasteiger partial charge >= 0.3 is 0 Å². The quantitative estimate of drug-likeness (QED) is 0.498. The van der Waals surface area contributed by atoms with Crippen molar-refractivity contribution in [1.82, 2.24) is 9.97 Å². The Morgan fingerprint density at radius 3 is 2.70 bits per heavy atom. The van der Waals surface area contributed by atoms with Gasteiger partial charge in [-0.2, -0.15) is 11.8 Å². The minimum absolute atomic E-state index is 0.0826. The van der Waals surface area contributed by atoms with E-state index >= 15 is 0 Å². The molecule has 1 amide bonds. The zero-order valence-corrected chi connectivity index (χ0v) is 18.1. The largest absolute Gasteiger partial charge is 0.325 e. The van der Waals surface area contributed by atoms with E-state index in [0.29, 0.717) is 22.6 Å². The van der Waals surface area contributed by atoms with E-state index in [2.05, 4.69) is 29.1 Å². The Morgan fingerprint density at radius 2 is 2.04 bits per heavy atom. The number of hydrogen-bond acceptors (Lipinski definition) is 5. The fraction of sp³-hybridized carbons (Fsp3) is 0.450. The van der Waals surface area contributed by atoms with Gasteiger partial charge in [0.15, 0.2) is 5.16 Å². The monoisotopic (exact) mass is 405 g/mol. The Labute approximate surface area is 169 Å². The third-order valence-corrected chi connectivity index (χ3v) is 6.49. The van der Waals surface area contributed by atoms with Gasteiger partial charge in [0.05, 0.1) is 10.9 Å². The molecule has 0 bridgehead atoms. The maximum atomic E-state index is 12.7. The number of H-pyrrole nitrogens is 1. The molecule has 0 aliphatic rings. The second kappa shape index (κ2) is 9.99. The smallest absolute Gasteiger partial charge is 0.251 e. The first-order valence-electron chi connectivity index (χ1n) is 9.05. The Balaban J connectivity index is 2.12. The zero-order chi connectivity index (χ0) is 20.0. The number of rotatable bonds is 8. The van der Waals surface area contributed by atoms with E-state index in [1.165, 1.54) is 17.8 Å². The van der Waals surface area contributed by atoms with E-state index in [4.69, 9.17) is 0 Å². The Kier molecular flexibility index (Phi) is 7.98. The second-order valence-corrected chi connectivity index (χ2v) is 9.41. The molecule has 0 radical (unpaired) electrons. The lowest BCUT2D eigenvalue weighted by atomic mass is 10.1. The number of nitrogens with zero attached hydrogens (tertiary/aromatic N) is 1. The number of carbonyl (C=O) groups is 1. The standard InChI is InChI=1S/C20H27N3O2S2/c1-6-17(19(25)22-16-9-7-8-13(4)14(16)5)27-20-21-15(10-18(24)23-20)11-26-12(2)3/h7-10,12,17H,6,11H2,1-5H3,(H,22,25)(H,21,23,24). The van der Waals surface area contributed by atoms with Gasteiger partial charge < -0.3 is 10.3 Å². The minimum Gasteiger partial charge on any atom is -0.325 e. The summed E-state index contributed by atoms with van der Waals surface area (Å²) in [4.78, 5) is 32.0. The van der Waals surface area contributed by atoms with Crippen molar-refractivity contribution in [3.05, 3.63) is 51.4 Å². The second-order valence-electron chi connectivity index (χ2n) is 6.65. The minimum atomic E-state index is -0.332. The van der Waals surface area contributed by atoms with Crippen molar-refractivity contribution in [3.63, 3.8) is 0 Å². The molecule has 1 heterocycles. The topological polar surface area (TPSA) is 74.8 Å². The van der Waals surface area contributed by atoms with Crippen molar-refractivity contribution in [2.45, 2.75) is 62.4 Å². The summed E-state index contributed by atoms with van der Waals surface area (Å²) in [5.74, 6) is 0.599. The Morgan fingerprint density at radius 1 is 1.30 bits per heavy atom. The van der Waals surface area contributed by atoms with Crippen LogP contribution in [-0.2, 0) is 10.5 Å². The molecule has 2 N–H and O–H groups in total. The van der Waals surface area contributed by atoms with Gasteiger partial charge in [-0.15, -0.1) is 0 Å². The van der Waals surface area contributed by atoms with E-state index in [1.54, 1.807) is 11.8 Å². The van der Waals surface area contributed by atoms with Crippen LogP contribution in [-0.4, -0.2) is 26.4 Å². The summed E-state index contributed by atoms with van der Waals surface area (Å²) in [6, 6.07) is 7.38. The summed E-state index contributed by atoms with van der Waals surface area (Å²) < 4.78 is 0. The normalized spacial score (nSPS) is 12.2. The maximum absolute atomic E-state index is 12.7. The molecule has 0 aliphatic carbocycles. The van der Waals surface area contributed by atoms with Gasteiger partial charge in [0.2, 0.25) is 5.91 Å². The average Bonchev–Trinajstić information content (AvgIpc) is 2.61. The van der Waals surface area contributed by atoms with Gasteiger partial charge in [0.25, 0.3) is 5.56 Å². The van der Waals surface area contributed by atoms with Crippen LogP contribution in [0.4, 0.5) is 5.69 Å². The van der Waals surface area contributed by atoms with Crippen LogP contribution in [0.15, 0.2) is 34.2 Å². The Hall–Kier alpha value is -1.73. The summed E-state index contributed by atoms with van der Waals surface area (Å²) in [6.45, 7) is 10.2. The van der Waals surface area contributed by atoms with Crippen molar-refractivity contribution < 1.29 is 4.79 Å². The van der Waals surface area contributed by atoms with E-state index in [0.717, 1.165) is 22.5 Å². The van der Waals surface area contributed by atoms with Crippen LogP contribution < -0.4 is 10.9 Å². The van der Waals surface area contributed by atoms with Crippen molar-refractivity contribution >= 4 is 35.1 Å². The fourth-order valence-electron chi connectivity index (χ4n) is 2.42. The van der Waals surface area contributed by atoms with Gasteiger partial charge in [0, 0.05) is 17.5 Å². The highest BCUT2D eigenvalue weighted by molar-refractivity contribution is 8.00. The van der Waals surface area contributed by atoms with Gasteiger partial charge in [0.1, 0.15) is 0 Å². The van der Waals surface area contributed by atoms with Gasteiger partial charge in [-0.1, -0.05) is 44.7 Å². The van der Waals surface area contributed by atoms with Crippen molar-refractivity contribution in [2.75, 3.05) is 5.32 Å². The summed E-state index contributed by atoms with van der Waals surface area (Å²) in [5, 5.41) is 3.63. The number of aromatic amines is 1. The molecule has 1 aromatic heterocycles. The highest BCUT2D eigenvalue weighted by atomic mass is 32.2. The summed E-state index contributed by atoms with van der Waals surface area (Å²) in [7, 11) is 0. The number of carbonyl (C=O) groups excluding carboxylic acids is 1. The highest BCUT2D eigenvalue weighted by Gasteiger charge is 2.20. The third-order valence-electron chi connectivity index (χ3n) is 4.12. The molecule has 1 atom stereocenters. The first-order chi connectivity index (χ1) is 12.8. The predicted octanol–water partition coefficient (Wildman–Crippen LogP) is 4.54. The fourth-order valence-corrected chi connectivity index (χ4v) is 4.01. The molecule has 2 rings (SSSR count). The van der Waals surface area contributed by atoms with Crippen LogP contribution in [0.5, 0.6) is 0 Å². The van der Waals surface area contributed by atoms with Crippen molar-refractivity contribution in [2.24, 2.45) is 0 Å². The molecule has 146 valence electrons. The number of aryl methyl sites for hydroxylation is 1. The van der Waals surface area contributed by atoms with Crippen LogP contribution in [0.2, 0.25) is 0 Å². The lowest BCUT2D eigenvalue weighted by Gasteiger charge is -2.16. The number of aromatic nitrogens is 2. The van der Waals surface area contributed by atoms with Crippen molar-refractivity contribution in [3.8, 4) is 0 Å². The Bertz CT molecular complexity index is 849. The van der Waals surface area contributed by atoms with Crippen LogP contribution in [0.3, 0.4) is 0 Å². The SMILES string of the molecule is CCC(Sc1nc(CSC(C)C)cc(=O)[nH]1)C(=O)Nc1cccc(C)c1C. The number of nitrogens with one attached hydrogen (secondary N) is 2. The van der Waals surface area contributed by atoms with E-state index in [1.807, 2.05) is 39.0 Å². The average molecular weight is 406 g/mol. The van der Waals surface area contributed by atoms with Gasteiger partial charge in [-0.25, -0.2) is 4.98 Å². The van der Waals surface area contributed by atoms with E-state index in [-0.39, 0.29) is 16.7 Å². The summed E-state index contributed by atoms with van der Waals surface area (Å²) in [6.07, 6.45) is 0.635. The lowest BCUT2D eigenvalue weighted by molar-refractivity contribution is -0.115. The molecule has 2 aromatic rings. The molecular formula is C20H27N3O2S2. The molecule has 27 heavy (non-hydrogen) atoms. The third kappa shape index (κ3) is 6.43. The van der Waals surface area contributed by atoms with E-state index < -0.39 is 0 Å². The van der Waals surface area contributed by atoms with Crippen LogP contribution >= 0.6 is 23.5 Å². The molecule has 0 fully saturated rings. The maximum Gasteiger partial charge on any atom is 0.251 e. The van der Waals surface area contributed by atoms with Gasteiger partial charge in [-0.05, 0) is 42.7 Å². The number of benzene rings is 1. The molecule has 0 saturated heterocycles. The first kappa shape index (κ1) is 21.6. The number of anilines is 1. The van der Waals surface area contributed by atoms with Crippen molar-refractivity contribution in [1.29, 1.82) is 0 Å². The molecular weight excluding hydrogens is 378 g/mol. The lowest BCUT2D eigenvalue weighted by Crippen LogP contribution is -2.26. The van der Waals surface area contributed by atoms with Crippen LogP contribution in [0.25, 0.3) is 0 Å². The molecule has 0 spiro atoms. The van der Waals surface area contributed by atoms with Crippen LogP contribution in [0, 0.1) is 13.8 Å². The molecule has 7 heteroatoms. The number of hydrogen-bond donors (Lipinski definition) is 2. The van der Waals surface area contributed by atoms with Gasteiger partial charge in [-0.3, -0.25) is 9.59 Å². The summed E-state index contributed by atoms with van der Waals surface area (Å²) in [5.41, 5.74) is 3.57. The number of amides is 1. The molecule has 0 aliphatic heterocycles. The zero-order valence-electron chi connectivity index (χ0n) is 16.5. The molecule has 1 aromatic carbocycles. The molecule has 0 saturated carbocycles. The molecule has 1 unspecified atom stereocenters.